The summed E-state index contributed by atoms with van der Waals surface area (Å²) in [7, 11) is 0. The topological polar surface area (TPSA) is 75.9 Å². The van der Waals surface area contributed by atoms with E-state index in [1.54, 1.807) is 0 Å². The fourth-order valence-electron chi connectivity index (χ4n) is 1.26. The van der Waals surface area contributed by atoms with Gasteiger partial charge in [-0.1, -0.05) is 6.07 Å². The smallest absolute Gasteiger partial charge is 0.239 e. The second-order valence-corrected chi connectivity index (χ2v) is 4.11. The third-order valence-electron chi connectivity index (χ3n) is 2.08. The normalized spacial score (nSPS) is 10.2. The van der Waals surface area contributed by atoms with E-state index in [2.05, 4.69) is 36.6 Å². The highest BCUT2D eigenvalue weighted by atomic mass is 79.9. The van der Waals surface area contributed by atoms with Crippen LogP contribution in [0.1, 0.15) is 0 Å². The number of nitrogen functional groups attached to an aromatic ring is 1. The van der Waals surface area contributed by atoms with Crippen molar-refractivity contribution in [3.8, 4) is 0 Å². The third kappa shape index (κ3) is 2.54. The minimum absolute atomic E-state index is 0.123. The summed E-state index contributed by atoms with van der Waals surface area (Å²) in [5.41, 5.74) is 1.95. The number of nitrogens with two attached hydrogens (primary N) is 1. The van der Waals surface area contributed by atoms with Crippen molar-refractivity contribution in [3.63, 3.8) is 0 Å². The Hall–Kier alpha value is -1.80. The quantitative estimate of drug-likeness (QED) is 0.599. The van der Waals surface area contributed by atoms with E-state index in [0.29, 0.717) is 4.47 Å². The van der Waals surface area contributed by atoms with Crippen molar-refractivity contribution >= 4 is 33.4 Å². The van der Waals surface area contributed by atoms with Gasteiger partial charge >= 0.3 is 0 Å². The van der Waals surface area contributed by atoms with Gasteiger partial charge in [0.15, 0.2) is 5.82 Å². The Bertz CT molecular complexity index is 558. The number of rotatable bonds is 3. The van der Waals surface area contributed by atoms with E-state index >= 15 is 0 Å². The molecular formula is C10H8BrF2N5. The summed E-state index contributed by atoms with van der Waals surface area (Å²) < 4.78 is 27.3. The SMILES string of the molecule is NNc1ncc(Br)c(Nc2c(F)cccc2F)n1. The lowest BCUT2D eigenvalue weighted by Crippen LogP contribution is -2.11. The van der Waals surface area contributed by atoms with Crippen LogP contribution in [0, 0.1) is 11.6 Å². The van der Waals surface area contributed by atoms with E-state index < -0.39 is 11.6 Å². The zero-order valence-corrected chi connectivity index (χ0v) is 10.5. The molecular weight excluding hydrogens is 308 g/mol. The predicted octanol–water partition coefficient (Wildman–Crippen LogP) is 2.55. The summed E-state index contributed by atoms with van der Waals surface area (Å²) in [5.74, 6) is 4.04. The van der Waals surface area contributed by atoms with Crippen LogP contribution in [0.3, 0.4) is 0 Å². The van der Waals surface area contributed by atoms with Crippen LogP contribution in [0.15, 0.2) is 28.9 Å². The molecule has 1 aromatic heterocycles. The summed E-state index contributed by atoms with van der Waals surface area (Å²) >= 11 is 3.17. The molecule has 0 fully saturated rings. The van der Waals surface area contributed by atoms with E-state index in [4.69, 9.17) is 5.84 Å². The van der Waals surface area contributed by atoms with E-state index in [1.807, 2.05) is 0 Å². The summed E-state index contributed by atoms with van der Waals surface area (Å²) in [6, 6.07) is 3.56. The van der Waals surface area contributed by atoms with Crippen molar-refractivity contribution in [2.75, 3.05) is 10.7 Å². The van der Waals surface area contributed by atoms with Crippen LogP contribution < -0.4 is 16.6 Å². The van der Waals surface area contributed by atoms with Crippen molar-refractivity contribution in [2.45, 2.75) is 0 Å². The zero-order chi connectivity index (χ0) is 13.1. The second kappa shape index (κ2) is 5.23. The zero-order valence-electron chi connectivity index (χ0n) is 8.92. The van der Waals surface area contributed by atoms with Gasteiger partial charge in [0.2, 0.25) is 5.95 Å². The first-order chi connectivity index (χ1) is 8.61. The van der Waals surface area contributed by atoms with Gasteiger partial charge in [-0.3, -0.25) is 5.43 Å². The number of hydrazine groups is 1. The van der Waals surface area contributed by atoms with Gasteiger partial charge in [-0.15, -0.1) is 0 Å². The van der Waals surface area contributed by atoms with Crippen molar-refractivity contribution < 1.29 is 8.78 Å². The monoisotopic (exact) mass is 315 g/mol. The maximum atomic E-state index is 13.4. The fraction of sp³-hybridized carbons (Fsp3) is 0. The molecule has 0 aliphatic heterocycles. The first-order valence-electron chi connectivity index (χ1n) is 4.82. The lowest BCUT2D eigenvalue weighted by molar-refractivity contribution is 0.590. The molecule has 4 N–H and O–H groups in total. The lowest BCUT2D eigenvalue weighted by atomic mass is 10.3. The predicted molar refractivity (Wildman–Crippen MR) is 67.2 cm³/mol. The van der Waals surface area contributed by atoms with E-state index in [-0.39, 0.29) is 17.5 Å². The standard InChI is InChI=1S/C10H8BrF2N5/c11-5-4-15-10(18-14)17-9(5)16-8-6(12)2-1-3-7(8)13/h1-4H,14H2,(H2,15,16,17,18). The van der Waals surface area contributed by atoms with Crippen molar-refractivity contribution in [1.29, 1.82) is 0 Å². The third-order valence-corrected chi connectivity index (χ3v) is 2.66. The largest absolute Gasteiger partial charge is 0.334 e. The van der Waals surface area contributed by atoms with Crippen molar-refractivity contribution in [2.24, 2.45) is 5.84 Å². The molecule has 18 heavy (non-hydrogen) atoms. The number of hydrogen-bond donors (Lipinski definition) is 3. The Morgan fingerprint density at radius 3 is 2.50 bits per heavy atom. The average Bonchev–Trinajstić information content (AvgIpc) is 2.36. The highest BCUT2D eigenvalue weighted by molar-refractivity contribution is 9.10. The van der Waals surface area contributed by atoms with Gasteiger partial charge in [-0.25, -0.2) is 19.6 Å². The Labute approximate surface area is 110 Å². The molecule has 0 bridgehead atoms. The minimum atomic E-state index is -0.720. The van der Waals surface area contributed by atoms with Crippen LogP contribution in [0.25, 0.3) is 0 Å². The minimum Gasteiger partial charge on any atom is -0.334 e. The number of aromatic nitrogens is 2. The summed E-state index contributed by atoms with van der Waals surface area (Å²) in [6.45, 7) is 0. The highest BCUT2D eigenvalue weighted by Crippen LogP contribution is 2.27. The number of nitrogens with zero attached hydrogens (tertiary/aromatic N) is 2. The first-order valence-corrected chi connectivity index (χ1v) is 5.61. The van der Waals surface area contributed by atoms with E-state index in [1.165, 1.54) is 12.3 Å². The van der Waals surface area contributed by atoms with Gasteiger partial charge < -0.3 is 5.32 Å². The van der Waals surface area contributed by atoms with Gasteiger partial charge in [0.1, 0.15) is 17.3 Å². The molecule has 1 aromatic carbocycles. The van der Waals surface area contributed by atoms with E-state index in [0.717, 1.165) is 12.1 Å². The van der Waals surface area contributed by atoms with Crippen LogP contribution >= 0.6 is 15.9 Å². The first kappa shape index (κ1) is 12.7. The summed E-state index contributed by atoms with van der Waals surface area (Å²) in [5, 5.41) is 2.54. The van der Waals surface area contributed by atoms with Crippen LogP contribution in [-0.2, 0) is 0 Å². The van der Waals surface area contributed by atoms with Crippen LogP contribution in [0.2, 0.25) is 0 Å². The molecule has 2 aromatic rings. The molecule has 0 aliphatic carbocycles. The average molecular weight is 316 g/mol. The summed E-state index contributed by atoms with van der Waals surface area (Å²) in [6.07, 6.45) is 1.41. The van der Waals surface area contributed by atoms with Crippen molar-refractivity contribution in [1.82, 2.24) is 9.97 Å². The molecule has 0 radical (unpaired) electrons. The fourth-order valence-corrected chi connectivity index (χ4v) is 1.55. The molecule has 1 heterocycles. The maximum Gasteiger partial charge on any atom is 0.239 e. The number of halogens is 3. The van der Waals surface area contributed by atoms with E-state index in [9.17, 15) is 8.78 Å². The molecule has 0 aliphatic rings. The van der Waals surface area contributed by atoms with Gasteiger partial charge in [-0.05, 0) is 28.1 Å². The molecule has 0 saturated heterocycles. The maximum absolute atomic E-state index is 13.4. The van der Waals surface area contributed by atoms with Crippen molar-refractivity contribution in [3.05, 3.63) is 40.5 Å². The lowest BCUT2D eigenvalue weighted by Gasteiger charge is -2.10. The van der Waals surface area contributed by atoms with Gasteiger partial charge in [0.25, 0.3) is 0 Å². The molecule has 0 atom stereocenters. The highest BCUT2D eigenvalue weighted by Gasteiger charge is 2.11. The molecule has 0 unspecified atom stereocenters. The second-order valence-electron chi connectivity index (χ2n) is 3.26. The number of nitrogens with one attached hydrogen (secondary N) is 2. The van der Waals surface area contributed by atoms with Crippen LogP contribution in [0.4, 0.5) is 26.2 Å². The molecule has 8 heteroatoms. The molecule has 0 amide bonds. The molecule has 94 valence electrons. The van der Waals surface area contributed by atoms with Crippen LogP contribution in [-0.4, -0.2) is 9.97 Å². The summed E-state index contributed by atoms with van der Waals surface area (Å²) in [4.78, 5) is 7.75. The van der Waals surface area contributed by atoms with Gasteiger partial charge in [0.05, 0.1) is 4.47 Å². The Morgan fingerprint density at radius 2 is 1.89 bits per heavy atom. The number of anilines is 3. The Morgan fingerprint density at radius 1 is 1.22 bits per heavy atom. The number of hydrogen-bond acceptors (Lipinski definition) is 5. The van der Waals surface area contributed by atoms with Gasteiger partial charge in [-0.2, -0.15) is 4.98 Å². The molecule has 2 rings (SSSR count). The number of benzene rings is 1. The number of para-hydroxylation sites is 1. The molecule has 0 spiro atoms. The molecule has 5 nitrogen and oxygen atoms in total. The Balaban J connectivity index is 2.39. The molecule has 0 saturated carbocycles. The van der Waals surface area contributed by atoms with Gasteiger partial charge in [0, 0.05) is 6.20 Å². The van der Waals surface area contributed by atoms with Crippen LogP contribution in [0.5, 0.6) is 0 Å². The Kier molecular flexibility index (Phi) is 3.68.